The average Bonchev–Trinajstić information content (AvgIpc) is 3.61. The van der Waals surface area contributed by atoms with Crippen molar-refractivity contribution in [2.75, 3.05) is 39.0 Å². The fraction of sp³-hybridized carbons (Fsp3) is 0.517. The normalized spacial score (nSPS) is 22.8. The smallest absolute Gasteiger partial charge is 0.251 e. The SMILES string of the molecule is C=C(/C=C\C(F)=C\C)[C@@H]1C[C@@]1(C)NCCCC[C@H](NC(=O)c1ccc(F)cc1)C(=O)N1CCN(S(C)(=O)=O)CC1. The Morgan fingerprint density at radius 3 is 2.40 bits per heavy atom. The zero-order valence-electron chi connectivity index (χ0n) is 23.5. The second kappa shape index (κ2) is 13.6. The van der Waals surface area contributed by atoms with Gasteiger partial charge >= 0.3 is 0 Å². The lowest BCUT2D eigenvalue weighted by Crippen LogP contribution is -2.55. The molecule has 3 rings (SSSR count). The number of amides is 2. The van der Waals surface area contributed by atoms with Crippen molar-refractivity contribution < 1.29 is 26.8 Å². The summed E-state index contributed by atoms with van der Waals surface area (Å²) in [4.78, 5) is 27.8. The van der Waals surface area contributed by atoms with Gasteiger partial charge in [0.25, 0.3) is 5.91 Å². The molecular formula is C29H40F2N4O4S. The van der Waals surface area contributed by atoms with Gasteiger partial charge in [-0.2, -0.15) is 4.31 Å². The summed E-state index contributed by atoms with van der Waals surface area (Å²) in [5.74, 6) is -1.27. The van der Waals surface area contributed by atoms with Crippen LogP contribution in [0, 0.1) is 11.7 Å². The molecule has 1 aliphatic carbocycles. The highest BCUT2D eigenvalue weighted by atomic mass is 32.2. The molecule has 1 aliphatic heterocycles. The highest BCUT2D eigenvalue weighted by molar-refractivity contribution is 7.88. The van der Waals surface area contributed by atoms with Crippen molar-refractivity contribution in [2.45, 2.75) is 51.1 Å². The maximum Gasteiger partial charge on any atom is 0.251 e. The Morgan fingerprint density at radius 1 is 1.15 bits per heavy atom. The maximum atomic E-state index is 13.4. The van der Waals surface area contributed by atoms with Gasteiger partial charge in [-0.15, -0.1) is 0 Å². The first-order valence-electron chi connectivity index (χ1n) is 13.6. The molecule has 3 atom stereocenters. The highest BCUT2D eigenvalue weighted by Gasteiger charge is 2.50. The molecule has 1 aromatic rings. The van der Waals surface area contributed by atoms with Crippen LogP contribution in [0.3, 0.4) is 0 Å². The van der Waals surface area contributed by atoms with Crippen molar-refractivity contribution in [3.8, 4) is 0 Å². The van der Waals surface area contributed by atoms with E-state index in [1.165, 1.54) is 40.7 Å². The van der Waals surface area contributed by atoms with Crippen molar-refractivity contribution in [2.24, 2.45) is 5.92 Å². The molecule has 2 amide bonds. The molecule has 2 aliphatic rings. The Kier molecular flexibility index (Phi) is 10.8. The molecule has 1 saturated carbocycles. The van der Waals surface area contributed by atoms with Crippen LogP contribution in [-0.2, 0) is 14.8 Å². The summed E-state index contributed by atoms with van der Waals surface area (Å²) >= 11 is 0. The van der Waals surface area contributed by atoms with E-state index in [1.807, 2.05) is 0 Å². The summed E-state index contributed by atoms with van der Waals surface area (Å²) in [6, 6.07) is 4.32. The fourth-order valence-corrected chi connectivity index (χ4v) is 5.73. The number of benzene rings is 1. The third-order valence-corrected chi connectivity index (χ3v) is 8.90. The summed E-state index contributed by atoms with van der Waals surface area (Å²) in [6.45, 7) is 9.40. The second-order valence-corrected chi connectivity index (χ2v) is 12.7. The van der Waals surface area contributed by atoms with E-state index in [4.69, 9.17) is 0 Å². The van der Waals surface area contributed by atoms with Gasteiger partial charge in [0.2, 0.25) is 15.9 Å². The van der Waals surface area contributed by atoms with Crippen molar-refractivity contribution in [1.29, 1.82) is 0 Å². The summed E-state index contributed by atoms with van der Waals surface area (Å²) in [6.07, 6.45) is 8.39. The minimum absolute atomic E-state index is 0.112. The van der Waals surface area contributed by atoms with E-state index in [2.05, 4.69) is 24.1 Å². The zero-order valence-corrected chi connectivity index (χ0v) is 24.3. The lowest BCUT2D eigenvalue weighted by molar-refractivity contribution is -0.134. The molecule has 0 spiro atoms. The van der Waals surface area contributed by atoms with Crippen LogP contribution in [0.15, 0.2) is 60.5 Å². The molecule has 1 aromatic carbocycles. The van der Waals surface area contributed by atoms with E-state index in [0.717, 1.165) is 24.7 Å². The van der Waals surface area contributed by atoms with Crippen molar-refractivity contribution in [3.05, 3.63) is 71.9 Å². The van der Waals surface area contributed by atoms with Crippen molar-refractivity contribution in [1.82, 2.24) is 19.8 Å². The van der Waals surface area contributed by atoms with Crippen LogP contribution < -0.4 is 10.6 Å². The van der Waals surface area contributed by atoms with Gasteiger partial charge in [-0.05, 0) is 76.4 Å². The lowest BCUT2D eigenvalue weighted by atomic mass is 10.1. The molecule has 0 bridgehead atoms. The second-order valence-electron chi connectivity index (χ2n) is 10.7. The molecule has 220 valence electrons. The topological polar surface area (TPSA) is 98.8 Å². The Labute approximate surface area is 236 Å². The molecule has 1 heterocycles. The maximum absolute atomic E-state index is 13.4. The quantitative estimate of drug-likeness (QED) is 0.276. The van der Waals surface area contributed by atoms with Crippen LogP contribution in [0.4, 0.5) is 8.78 Å². The van der Waals surface area contributed by atoms with Gasteiger partial charge in [-0.3, -0.25) is 9.59 Å². The summed E-state index contributed by atoms with van der Waals surface area (Å²) < 4.78 is 51.7. The van der Waals surface area contributed by atoms with Crippen LogP contribution >= 0.6 is 0 Å². The highest BCUT2D eigenvalue weighted by Crippen LogP contribution is 2.47. The molecule has 2 fully saturated rings. The van der Waals surface area contributed by atoms with E-state index in [9.17, 15) is 26.8 Å². The van der Waals surface area contributed by atoms with Gasteiger partial charge in [-0.25, -0.2) is 17.2 Å². The molecule has 40 heavy (non-hydrogen) atoms. The lowest BCUT2D eigenvalue weighted by Gasteiger charge is -2.35. The van der Waals surface area contributed by atoms with Gasteiger partial charge in [-0.1, -0.05) is 24.3 Å². The summed E-state index contributed by atoms with van der Waals surface area (Å²) in [5.41, 5.74) is 1.01. The average molecular weight is 579 g/mol. The number of nitrogens with one attached hydrogen (secondary N) is 2. The number of unbranched alkanes of at least 4 members (excludes halogenated alkanes) is 1. The van der Waals surface area contributed by atoms with E-state index < -0.39 is 27.8 Å². The Hall–Kier alpha value is -2.89. The zero-order chi connectivity index (χ0) is 29.5. The molecule has 0 radical (unpaired) electrons. The fourth-order valence-electron chi connectivity index (χ4n) is 4.91. The van der Waals surface area contributed by atoms with Crippen LogP contribution in [-0.4, -0.2) is 80.0 Å². The van der Waals surface area contributed by atoms with Gasteiger partial charge in [0.05, 0.1) is 6.26 Å². The molecular weight excluding hydrogens is 538 g/mol. The molecule has 8 nitrogen and oxygen atoms in total. The number of carbonyl (C=O) groups is 2. The third kappa shape index (κ3) is 8.81. The van der Waals surface area contributed by atoms with Crippen LogP contribution in [0.1, 0.15) is 49.9 Å². The first-order valence-corrected chi connectivity index (χ1v) is 15.4. The van der Waals surface area contributed by atoms with Crippen LogP contribution in [0.25, 0.3) is 0 Å². The minimum atomic E-state index is -3.34. The van der Waals surface area contributed by atoms with Gasteiger partial charge in [0.15, 0.2) is 0 Å². The number of allylic oxidation sites excluding steroid dienone is 4. The number of hydrogen-bond donors (Lipinski definition) is 2. The van der Waals surface area contributed by atoms with E-state index in [-0.39, 0.29) is 54.9 Å². The monoisotopic (exact) mass is 578 g/mol. The third-order valence-electron chi connectivity index (χ3n) is 7.59. The summed E-state index contributed by atoms with van der Waals surface area (Å²) in [7, 11) is -3.34. The van der Waals surface area contributed by atoms with Crippen molar-refractivity contribution >= 4 is 21.8 Å². The van der Waals surface area contributed by atoms with Gasteiger partial charge < -0.3 is 15.5 Å². The number of rotatable bonds is 13. The minimum Gasteiger partial charge on any atom is -0.340 e. The Balaban J connectivity index is 1.54. The Bertz CT molecular complexity index is 1240. The number of piperazine rings is 1. The van der Waals surface area contributed by atoms with E-state index in [1.54, 1.807) is 17.9 Å². The number of hydrogen-bond acceptors (Lipinski definition) is 5. The predicted molar refractivity (Wildman–Crippen MR) is 152 cm³/mol. The number of halogens is 2. The number of sulfonamides is 1. The molecule has 2 N–H and O–H groups in total. The molecule has 1 saturated heterocycles. The van der Waals surface area contributed by atoms with E-state index >= 15 is 0 Å². The largest absolute Gasteiger partial charge is 0.340 e. The summed E-state index contributed by atoms with van der Waals surface area (Å²) in [5, 5.41) is 6.34. The molecule has 0 aromatic heterocycles. The van der Waals surface area contributed by atoms with E-state index in [0.29, 0.717) is 19.4 Å². The Morgan fingerprint density at radius 2 is 1.80 bits per heavy atom. The van der Waals surface area contributed by atoms with Crippen LogP contribution in [0.5, 0.6) is 0 Å². The predicted octanol–water partition coefficient (Wildman–Crippen LogP) is 3.55. The first-order chi connectivity index (χ1) is 18.8. The first kappa shape index (κ1) is 31.6. The molecule has 0 unspecified atom stereocenters. The van der Waals surface area contributed by atoms with Crippen molar-refractivity contribution in [3.63, 3.8) is 0 Å². The number of carbonyl (C=O) groups excluding carboxylic acids is 2. The number of nitrogens with zero attached hydrogens (tertiary/aromatic N) is 2. The molecule has 11 heteroatoms. The van der Waals surface area contributed by atoms with Crippen LogP contribution in [0.2, 0.25) is 0 Å². The van der Waals surface area contributed by atoms with Gasteiger partial charge in [0, 0.05) is 43.2 Å². The van der Waals surface area contributed by atoms with Gasteiger partial charge in [0.1, 0.15) is 17.7 Å². The standard InChI is InChI=1S/C29H40F2N4O4S/c1-5-23(30)12-9-21(2)25-20-29(25,3)32-15-7-6-8-26(33-27(36)22-10-13-24(31)14-11-22)28(37)34-16-18-35(19-17-34)40(4,38)39/h5,9-14,25-26,32H,2,6-8,15-20H2,1,3-4H3,(H,33,36)/b12-9-,23-5-/t25-,26-,29+/m0/s1.